The summed E-state index contributed by atoms with van der Waals surface area (Å²) in [6.07, 6.45) is -4.89. The van der Waals surface area contributed by atoms with Gasteiger partial charge in [0, 0.05) is 27.8 Å². The highest BCUT2D eigenvalue weighted by Crippen LogP contribution is 2.49. The van der Waals surface area contributed by atoms with Crippen molar-refractivity contribution in [3.8, 4) is 0 Å². The molecule has 0 radical (unpaired) electrons. The minimum Gasteiger partial charge on any atom is -0.351 e. The number of nitrogens with one attached hydrogen (secondary N) is 1. The molecule has 0 amide bonds. The van der Waals surface area contributed by atoms with Crippen molar-refractivity contribution in [1.29, 1.82) is 0 Å². The number of methoxy groups -OCH3 is 1. The van der Waals surface area contributed by atoms with Crippen LogP contribution in [0.15, 0.2) is 89.4 Å². The molecule has 152 valence electrons. The van der Waals surface area contributed by atoms with Gasteiger partial charge in [0.25, 0.3) is 0 Å². The quantitative estimate of drug-likeness (QED) is 0.380. The zero-order valence-corrected chi connectivity index (χ0v) is 17.8. The van der Waals surface area contributed by atoms with Gasteiger partial charge < -0.3 is 4.74 Å². The van der Waals surface area contributed by atoms with Gasteiger partial charge in [0.2, 0.25) is 13.0 Å². The third kappa shape index (κ3) is 4.19. The van der Waals surface area contributed by atoms with Crippen LogP contribution in [-0.2, 0) is 15.0 Å². The zero-order chi connectivity index (χ0) is 21.1. The Labute approximate surface area is 175 Å². The van der Waals surface area contributed by atoms with Crippen LogP contribution in [0.3, 0.4) is 0 Å². The van der Waals surface area contributed by atoms with E-state index in [-0.39, 0.29) is 16.2 Å². The monoisotopic (exact) mass is 483 g/mol. The first-order valence-electron chi connectivity index (χ1n) is 8.61. The van der Waals surface area contributed by atoms with Crippen LogP contribution in [0.5, 0.6) is 0 Å². The molecule has 3 aromatic carbocycles. The Morgan fingerprint density at radius 1 is 0.828 bits per heavy atom. The van der Waals surface area contributed by atoms with Crippen molar-refractivity contribution < 1.29 is 22.5 Å². The molecule has 0 fully saturated rings. The molecule has 0 saturated carbocycles. The summed E-state index contributed by atoms with van der Waals surface area (Å²) in [6, 6.07) is 21.6. The lowest BCUT2D eigenvalue weighted by Crippen LogP contribution is -2.56. The van der Waals surface area contributed by atoms with Crippen LogP contribution in [0.1, 0.15) is 5.56 Å². The normalized spacial score (nSPS) is 14.4. The number of alkyl halides is 3. The van der Waals surface area contributed by atoms with Gasteiger partial charge in [-0.1, -0.05) is 64.5 Å². The first kappa shape index (κ1) is 21.8. The van der Waals surface area contributed by atoms with Gasteiger partial charge in [-0.05, 0) is 36.4 Å². The van der Waals surface area contributed by atoms with Gasteiger partial charge in [-0.2, -0.15) is 13.2 Å². The Morgan fingerprint density at radius 3 is 1.66 bits per heavy atom. The summed E-state index contributed by atoms with van der Waals surface area (Å²) in [5, 5.41) is 2.88. The second kappa shape index (κ2) is 8.44. The molecular formula is C21H18BrF3NO2P. The van der Waals surface area contributed by atoms with E-state index in [4.69, 9.17) is 4.74 Å². The van der Waals surface area contributed by atoms with Crippen LogP contribution in [0.2, 0.25) is 0 Å². The number of benzene rings is 3. The lowest BCUT2D eigenvalue weighted by Gasteiger charge is -2.38. The largest absolute Gasteiger partial charge is 0.436 e. The Kier molecular flexibility index (Phi) is 6.34. The molecular weight excluding hydrogens is 466 g/mol. The SMILES string of the molecule is COC(NP(=O)(c1ccccc1)c1ccccc1)(c1ccc(Br)cc1)C(F)(F)F. The van der Waals surface area contributed by atoms with Gasteiger partial charge in [-0.3, -0.25) is 4.57 Å². The molecule has 29 heavy (non-hydrogen) atoms. The van der Waals surface area contributed by atoms with Crippen molar-refractivity contribution in [2.45, 2.75) is 11.9 Å². The molecule has 0 spiro atoms. The molecule has 0 aliphatic carbocycles. The molecule has 1 unspecified atom stereocenters. The van der Waals surface area contributed by atoms with Crippen LogP contribution in [0.25, 0.3) is 0 Å². The second-order valence-corrected chi connectivity index (χ2v) is 9.67. The molecule has 3 nitrogen and oxygen atoms in total. The lowest BCUT2D eigenvalue weighted by molar-refractivity contribution is -0.282. The van der Waals surface area contributed by atoms with Crippen molar-refractivity contribution in [2.75, 3.05) is 7.11 Å². The molecule has 3 rings (SSSR count). The number of hydrogen-bond donors (Lipinski definition) is 1. The highest BCUT2D eigenvalue weighted by Gasteiger charge is 2.60. The van der Waals surface area contributed by atoms with E-state index in [1.807, 2.05) is 0 Å². The van der Waals surface area contributed by atoms with E-state index in [9.17, 15) is 17.7 Å². The molecule has 0 heterocycles. The van der Waals surface area contributed by atoms with Crippen molar-refractivity contribution in [3.05, 3.63) is 95.0 Å². The summed E-state index contributed by atoms with van der Waals surface area (Å²) < 4.78 is 63.0. The van der Waals surface area contributed by atoms with Crippen molar-refractivity contribution in [1.82, 2.24) is 5.09 Å². The fourth-order valence-corrected chi connectivity index (χ4v) is 5.83. The van der Waals surface area contributed by atoms with Gasteiger partial charge in [-0.25, -0.2) is 5.09 Å². The van der Waals surface area contributed by atoms with Crippen LogP contribution in [0.4, 0.5) is 13.2 Å². The predicted octanol–water partition coefficient (Wildman–Crippen LogP) is 5.33. The number of hydrogen-bond acceptors (Lipinski definition) is 2. The third-order valence-electron chi connectivity index (χ3n) is 4.51. The van der Waals surface area contributed by atoms with Crippen molar-refractivity contribution in [2.24, 2.45) is 0 Å². The topological polar surface area (TPSA) is 38.3 Å². The summed E-state index contributed by atoms with van der Waals surface area (Å²) in [7, 11) is -3.00. The molecule has 8 heteroatoms. The van der Waals surface area contributed by atoms with Crippen molar-refractivity contribution in [3.63, 3.8) is 0 Å². The molecule has 0 saturated heterocycles. The van der Waals surface area contributed by atoms with Gasteiger partial charge in [0.05, 0.1) is 0 Å². The van der Waals surface area contributed by atoms with Gasteiger partial charge >= 0.3 is 6.18 Å². The zero-order valence-electron chi connectivity index (χ0n) is 15.4. The molecule has 1 N–H and O–H groups in total. The maximum Gasteiger partial charge on any atom is 0.436 e. The first-order valence-corrected chi connectivity index (χ1v) is 11.1. The molecule has 0 bridgehead atoms. The van der Waals surface area contributed by atoms with E-state index in [1.165, 1.54) is 24.3 Å². The van der Waals surface area contributed by atoms with E-state index in [0.717, 1.165) is 7.11 Å². The van der Waals surface area contributed by atoms with E-state index >= 15 is 0 Å². The van der Waals surface area contributed by atoms with E-state index in [2.05, 4.69) is 21.0 Å². The maximum atomic E-state index is 14.4. The number of ether oxygens (including phenoxy) is 1. The van der Waals surface area contributed by atoms with Gasteiger partial charge in [0.1, 0.15) is 0 Å². The Bertz CT molecular complexity index is 954. The standard InChI is InChI=1S/C21H18BrF3NO2P/c1-28-20(21(23,24)25,16-12-14-17(22)15-13-16)26-29(27,18-8-4-2-5-9-18)19-10-6-3-7-11-19/h2-15H,1H3,(H,26,27). The summed E-state index contributed by atoms with van der Waals surface area (Å²) >= 11 is 3.22. The molecule has 1 atom stereocenters. The summed E-state index contributed by atoms with van der Waals surface area (Å²) in [5.41, 5.74) is -3.18. The van der Waals surface area contributed by atoms with E-state index in [1.54, 1.807) is 60.7 Å². The first-order chi connectivity index (χ1) is 13.7. The minimum atomic E-state index is -4.89. The van der Waals surface area contributed by atoms with E-state index in [0.29, 0.717) is 4.47 Å². The summed E-state index contributed by atoms with van der Waals surface area (Å²) in [4.78, 5) is 0. The number of halogens is 4. The van der Waals surface area contributed by atoms with Crippen LogP contribution < -0.4 is 15.7 Å². The fraction of sp³-hybridized carbons (Fsp3) is 0.143. The molecule has 0 aliphatic rings. The highest BCUT2D eigenvalue weighted by atomic mass is 79.9. The smallest absolute Gasteiger partial charge is 0.351 e. The maximum absolute atomic E-state index is 14.4. The van der Waals surface area contributed by atoms with Gasteiger partial charge in [-0.15, -0.1) is 0 Å². The summed E-state index contributed by atoms with van der Waals surface area (Å²) in [5.74, 6) is 0. The van der Waals surface area contributed by atoms with Crippen LogP contribution in [-0.4, -0.2) is 13.3 Å². The lowest BCUT2D eigenvalue weighted by atomic mass is 10.0. The minimum absolute atomic E-state index is 0.206. The van der Waals surface area contributed by atoms with Crippen LogP contribution >= 0.6 is 23.2 Å². The Morgan fingerprint density at radius 2 is 1.28 bits per heavy atom. The third-order valence-corrected chi connectivity index (χ3v) is 7.72. The van der Waals surface area contributed by atoms with Crippen molar-refractivity contribution >= 4 is 33.8 Å². The van der Waals surface area contributed by atoms with Crippen LogP contribution in [0, 0.1) is 0 Å². The predicted molar refractivity (Wildman–Crippen MR) is 112 cm³/mol. The average molecular weight is 484 g/mol. The number of rotatable bonds is 6. The molecule has 0 aliphatic heterocycles. The molecule has 3 aromatic rings. The summed E-state index contributed by atoms with van der Waals surface area (Å²) in [6.45, 7) is 0. The average Bonchev–Trinajstić information content (AvgIpc) is 2.73. The second-order valence-electron chi connectivity index (χ2n) is 6.28. The Balaban J connectivity index is 2.24. The Hall–Kier alpha value is -1.92. The molecule has 0 aromatic heterocycles. The van der Waals surface area contributed by atoms with Gasteiger partial charge in [0.15, 0.2) is 0 Å². The highest BCUT2D eigenvalue weighted by molar-refractivity contribution is 9.10. The fourth-order valence-electron chi connectivity index (χ4n) is 3.03. The van der Waals surface area contributed by atoms with E-state index < -0.39 is 19.2 Å².